The van der Waals surface area contributed by atoms with Crippen LogP contribution in [0.4, 0.5) is 0 Å². The van der Waals surface area contributed by atoms with E-state index in [0.717, 1.165) is 12.0 Å². The topological polar surface area (TPSA) is 3.24 Å². The van der Waals surface area contributed by atoms with Crippen LogP contribution in [-0.4, -0.2) is 24.0 Å². The molecule has 0 radical (unpaired) electrons. The molecular formula is C10H17N. The quantitative estimate of drug-likeness (QED) is 0.518. The Labute approximate surface area is 69.1 Å². The van der Waals surface area contributed by atoms with E-state index in [1.54, 1.807) is 0 Å². The molecule has 0 aromatic rings. The molecule has 2 aliphatic rings. The van der Waals surface area contributed by atoms with Gasteiger partial charge < -0.3 is 0 Å². The summed E-state index contributed by atoms with van der Waals surface area (Å²) >= 11 is 0. The van der Waals surface area contributed by atoms with Crippen LogP contribution in [0.5, 0.6) is 0 Å². The summed E-state index contributed by atoms with van der Waals surface area (Å²) in [6, 6.07) is 0.800. The van der Waals surface area contributed by atoms with E-state index in [2.05, 4.69) is 24.0 Å². The molecule has 2 aliphatic heterocycles. The van der Waals surface area contributed by atoms with Crippen LogP contribution in [0.1, 0.15) is 26.2 Å². The van der Waals surface area contributed by atoms with Gasteiger partial charge in [-0.1, -0.05) is 25.5 Å². The number of rotatable bonds is 1. The molecule has 2 heterocycles. The van der Waals surface area contributed by atoms with Crippen LogP contribution in [0.15, 0.2) is 12.2 Å². The maximum atomic E-state index is 2.63. The molecule has 62 valence electrons. The molecule has 0 aromatic carbocycles. The summed E-state index contributed by atoms with van der Waals surface area (Å²) in [4.78, 5) is 2.63. The van der Waals surface area contributed by atoms with E-state index >= 15 is 0 Å². The SMILES string of the molecule is CCC1CC2C=CCCN2C1. The Hall–Kier alpha value is -0.300. The third-order valence-electron chi connectivity index (χ3n) is 3.06. The maximum Gasteiger partial charge on any atom is 0.0281 e. The van der Waals surface area contributed by atoms with Crippen molar-refractivity contribution in [1.82, 2.24) is 4.90 Å². The largest absolute Gasteiger partial charge is 0.296 e. The van der Waals surface area contributed by atoms with Crippen LogP contribution >= 0.6 is 0 Å². The minimum atomic E-state index is 0.800. The predicted octanol–water partition coefficient (Wildman–Crippen LogP) is 2.05. The van der Waals surface area contributed by atoms with Crippen molar-refractivity contribution in [3.05, 3.63) is 12.2 Å². The van der Waals surface area contributed by atoms with E-state index < -0.39 is 0 Å². The Morgan fingerprint density at radius 3 is 3.18 bits per heavy atom. The Morgan fingerprint density at radius 1 is 1.55 bits per heavy atom. The molecule has 2 atom stereocenters. The van der Waals surface area contributed by atoms with Gasteiger partial charge in [0, 0.05) is 19.1 Å². The van der Waals surface area contributed by atoms with Crippen molar-refractivity contribution >= 4 is 0 Å². The van der Waals surface area contributed by atoms with Gasteiger partial charge in [-0.3, -0.25) is 4.90 Å². The first-order valence-electron chi connectivity index (χ1n) is 4.81. The molecular weight excluding hydrogens is 134 g/mol. The van der Waals surface area contributed by atoms with E-state index in [1.807, 2.05) is 0 Å². The van der Waals surface area contributed by atoms with E-state index in [9.17, 15) is 0 Å². The predicted molar refractivity (Wildman–Crippen MR) is 47.5 cm³/mol. The molecule has 1 nitrogen and oxygen atoms in total. The zero-order valence-corrected chi connectivity index (χ0v) is 7.29. The molecule has 0 spiro atoms. The van der Waals surface area contributed by atoms with E-state index in [-0.39, 0.29) is 0 Å². The van der Waals surface area contributed by atoms with Gasteiger partial charge in [-0.25, -0.2) is 0 Å². The van der Waals surface area contributed by atoms with Gasteiger partial charge in [0.05, 0.1) is 0 Å². The van der Waals surface area contributed by atoms with Gasteiger partial charge in [0.1, 0.15) is 0 Å². The Bertz CT molecular complexity index is 162. The highest BCUT2D eigenvalue weighted by atomic mass is 15.2. The second kappa shape index (κ2) is 2.98. The minimum Gasteiger partial charge on any atom is -0.296 e. The summed E-state index contributed by atoms with van der Waals surface area (Å²) in [6.45, 7) is 4.97. The number of fused-ring (bicyclic) bond motifs is 1. The first-order valence-corrected chi connectivity index (χ1v) is 4.81. The zero-order chi connectivity index (χ0) is 7.68. The summed E-state index contributed by atoms with van der Waals surface area (Å²) in [5, 5.41) is 0. The molecule has 0 aliphatic carbocycles. The Kier molecular flexibility index (Phi) is 1.99. The standard InChI is InChI=1S/C10H17N/c1-2-9-7-10-5-3-4-6-11(10)8-9/h3,5,9-10H,2,4,6-8H2,1H3. The molecule has 0 saturated carbocycles. The second-order valence-electron chi connectivity index (χ2n) is 3.79. The van der Waals surface area contributed by atoms with Crippen molar-refractivity contribution in [2.45, 2.75) is 32.2 Å². The molecule has 0 amide bonds. The van der Waals surface area contributed by atoms with Gasteiger partial charge in [0.2, 0.25) is 0 Å². The summed E-state index contributed by atoms with van der Waals surface area (Å²) in [7, 11) is 0. The number of nitrogens with zero attached hydrogens (tertiary/aromatic N) is 1. The number of hydrogen-bond donors (Lipinski definition) is 0. The lowest BCUT2D eigenvalue weighted by molar-refractivity contribution is 0.277. The van der Waals surface area contributed by atoms with Crippen LogP contribution in [0.3, 0.4) is 0 Å². The summed E-state index contributed by atoms with van der Waals surface area (Å²) < 4.78 is 0. The highest BCUT2D eigenvalue weighted by Gasteiger charge is 2.29. The normalized spacial score (nSPS) is 37.5. The molecule has 1 fully saturated rings. The molecule has 1 heteroatoms. The zero-order valence-electron chi connectivity index (χ0n) is 7.29. The molecule has 0 aromatic heterocycles. The first-order chi connectivity index (χ1) is 5.40. The molecule has 2 unspecified atom stereocenters. The first kappa shape index (κ1) is 7.35. The van der Waals surface area contributed by atoms with Gasteiger partial charge in [0.15, 0.2) is 0 Å². The summed E-state index contributed by atoms with van der Waals surface area (Å²) in [5.41, 5.74) is 0. The highest BCUT2D eigenvalue weighted by Crippen LogP contribution is 2.28. The summed E-state index contributed by atoms with van der Waals surface area (Å²) in [5.74, 6) is 0.975. The van der Waals surface area contributed by atoms with Crippen molar-refractivity contribution in [1.29, 1.82) is 0 Å². The van der Waals surface area contributed by atoms with E-state index in [1.165, 1.54) is 32.4 Å². The van der Waals surface area contributed by atoms with Gasteiger partial charge in [-0.2, -0.15) is 0 Å². The lowest BCUT2D eigenvalue weighted by atomic mass is 10.0. The summed E-state index contributed by atoms with van der Waals surface area (Å²) in [6.07, 6.45) is 8.79. The molecule has 11 heavy (non-hydrogen) atoms. The monoisotopic (exact) mass is 151 g/mol. The van der Waals surface area contributed by atoms with Crippen LogP contribution in [0.25, 0.3) is 0 Å². The van der Waals surface area contributed by atoms with Crippen LogP contribution < -0.4 is 0 Å². The fourth-order valence-electron chi connectivity index (χ4n) is 2.28. The smallest absolute Gasteiger partial charge is 0.0281 e. The van der Waals surface area contributed by atoms with Gasteiger partial charge in [0.25, 0.3) is 0 Å². The van der Waals surface area contributed by atoms with E-state index in [4.69, 9.17) is 0 Å². The average molecular weight is 151 g/mol. The molecule has 0 bridgehead atoms. The van der Waals surface area contributed by atoms with Crippen LogP contribution in [-0.2, 0) is 0 Å². The third kappa shape index (κ3) is 1.34. The molecule has 0 N–H and O–H groups in total. The minimum absolute atomic E-state index is 0.800. The maximum absolute atomic E-state index is 2.63. The van der Waals surface area contributed by atoms with Gasteiger partial charge in [-0.05, 0) is 18.8 Å². The lowest BCUT2D eigenvalue weighted by Crippen LogP contribution is -2.31. The number of hydrogen-bond acceptors (Lipinski definition) is 1. The molecule has 1 saturated heterocycles. The second-order valence-corrected chi connectivity index (χ2v) is 3.79. The van der Waals surface area contributed by atoms with Crippen molar-refractivity contribution in [2.24, 2.45) is 5.92 Å². The van der Waals surface area contributed by atoms with Gasteiger partial charge in [-0.15, -0.1) is 0 Å². The highest BCUT2D eigenvalue weighted by molar-refractivity contribution is 5.03. The van der Waals surface area contributed by atoms with E-state index in [0.29, 0.717) is 0 Å². The fourth-order valence-corrected chi connectivity index (χ4v) is 2.28. The Morgan fingerprint density at radius 2 is 2.45 bits per heavy atom. The molecule has 2 rings (SSSR count). The van der Waals surface area contributed by atoms with Crippen LogP contribution in [0.2, 0.25) is 0 Å². The van der Waals surface area contributed by atoms with Crippen molar-refractivity contribution < 1.29 is 0 Å². The third-order valence-corrected chi connectivity index (χ3v) is 3.06. The average Bonchev–Trinajstić information content (AvgIpc) is 2.46. The van der Waals surface area contributed by atoms with Gasteiger partial charge >= 0.3 is 0 Å². The lowest BCUT2D eigenvalue weighted by Gasteiger charge is -2.24. The van der Waals surface area contributed by atoms with Crippen LogP contribution in [0, 0.1) is 5.92 Å². The fraction of sp³-hybridized carbons (Fsp3) is 0.800. The van der Waals surface area contributed by atoms with Crippen molar-refractivity contribution in [3.8, 4) is 0 Å². The van der Waals surface area contributed by atoms with Crippen molar-refractivity contribution in [2.75, 3.05) is 13.1 Å². The van der Waals surface area contributed by atoms with Crippen molar-refractivity contribution in [3.63, 3.8) is 0 Å². The Balaban J connectivity index is 2.00.